The largest absolute Gasteiger partial charge is 0.438 e. The van der Waals surface area contributed by atoms with Crippen molar-refractivity contribution in [2.45, 2.75) is 12.7 Å². The Morgan fingerprint density at radius 3 is 2.60 bits per heavy atom. The molecule has 1 heterocycles. The number of hydrogen-bond acceptors (Lipinski definition) is 3. The van der Waals surface area contributed by atoms with Gasteiger partial charge in [-0.15, -0.1) is 0 Å². The van der Waals surface area contributed by atoms with Gasteiger partial charge in [0.05, 0.1) is 0 Å². The molecule has 0 amide bonds. The second-order valence-electron chi connectivity index (χ2n) is 3.88. The first-order valence-corrected chi connectivity index (χ1v) is 5.99. The molecule has 2 rings (SSSR count). The average Bonchev–Trinajstić information content (AvgIpc) is 2.38. The van der Waals surface area contributed by atoms with E-state index in [1.165, 1.54) is 18.3 Å². The van der Waals surface area contributed by atoms with Crippen molar-refractivity contribution in [3.63, 3.8) is 0 Å². The van der Waals surface area contributed by atoms with Crippen molar-refractivity contribution in [2.24, 2.45) is 5.73 Å². The molecule has 0 bridgehead atoms. The lowest BCUT2D eigenvalue weighted by molar-refractivity contribution is -0.138. The number of rotatable bonds is 3. The maximum atomic E-state index is 12.8. The highest BCUT2D eigenvalue weighted by Gasteiger charge is 2.35. The van der Waals surface area contributed by atoms with E-state index in [0.717, 1.165) is 6.07 Å². The fourth-order valence-electron chi connectivity index (χ4n) is 1.62. The van der Waals surface area contributed by atoms with Crippen LogP contribution in [0.2, 0.25) is 5.02 Å². The molecule has 0 aliphatic carbocycles. The summed E-state index contributed by atoms with van der Waals surface area (Å²) in [4.78, 5) is 3.62. The molecule has 20 heavy (non-hydrogen) atoms. The van der Waals surface area contributed by atoms with Crippen molar-refractivity contribution in [2.75, 3.05) is 0 Å². The summed E-state index contributed by atoms with van der Waals surface area (Å²) in [6.45, 7) is 0.0448. The van der Waals surface area contributed by atoms with Gasteiger partial charge in [-0.1, -0.05) is 17.7 Å². The maximum absolute atomic E-state index is 12.8. The van der Waals surface area contributed by atoms with Crippen LogP contribution in [0.4, 0.5) is 13.2 Å². The second-order valence-corrected chi connectivity index (χ2v) is 4.28. The minimum atomic E-state index is -4.55. The van der Waals surface area contributed by atoms with E-state index in [2.05, 4.69) is 4.98 Å². The van der Waals surface area contributed by atoms with E-state index in [1.807, 2.05) is 0 Å². The lowest BCUT2D eigenvalue weighted by Gasteiger charge is -2.14. The molecule has 0 radical (unpaired) electrons. The van der Waals surface area contributed by atoms with Crippen LogP contribution in [0.5, 0.6) is 11.6 Å². The van der Waals surface area contributed by atoms with Gasteiger partial charge in [0, 0.05) is 23.3 Å². The zero-order valence-electron chi connectivity index (χ0n) is 10.1. The first kappa shape index (κ1) is 14.6. The Labute approximate surface area is 118 Å². The van der Waals surface area contributed by atoms with Crippen LogP contribution in [0.25, 0.3) is 0 Å². The molecule has 0 saturated heterocycles. The molecule has 0 atom stereocenters. The molecule has 106 valence electrons. The molecular weight excluding hydrogens is 293 g/mol. The minimum Gasteiger partial charge on any atom is -0.438 e. The smallest absolute Gasteiger partial charge is 0.421 e. The normalized spacial score (nSPS) is 11.4. The van der Waals surface area contributed by atoms with Crippen LogP contribution in [-0.4, -0.2) is 4.98 Å². The van der Waals surface area contributed by atoms with Crippen molar-refractivity contribution in [1.29, 1.82) is 0 Å². The van der Waals surface area contributed by atoms with E-state index >= 15 is 0 Å². The quantitative estimate of drug-likeness (QED) is 0.932. The third-order valence-corrected chi connectivity index (χ3v) is 2.92. The van der Waals surface area contributed by atoms with Gasteiger partial charge in [-0.3, -0.25) is 0 Å². The zero-order valence-corrected chi connectivity index (χ0v) is 10.9. The molecule has 0 spiro atoms. The first-order chi connectivity index (χ1) is 9.43. The summed E-state index contributed by atoms with van der Waals surface area (Å²) in [6, 6.07) is 6.72. The predicted molar refractivity (Wildman–Crippen MR) is 68.7 cm³/mol. The summed E-state index contributed by atoms with van der Waals surface area (Å²) in [5, 5.41) is 0.328. The van der Waals surface area contributed by atoms with Gasteiger partial charge < -0.3 is 10.5 Å². The lowest BCUT2D eigenvalue weighted by atomic mass is 10.2. The van der Waals surface area contributed by atoms with Crippen LogP contribution in [0.3, 0.4) is 0 Å². The van der Waals surface area contributed by atoms with E-state index in [0.29, 0.717) is 10.6 Å². The van der Waals surface area contributed by atoms with Crippen molar-refractivity contribution >= 4 is 11.6 Å². The van der Waals surface area contributed by atoms with Crippen LogP contribution in [-0.2, 0) is 12.7 Å². The van der Waals surface area contributed by atoms with E-state index in [-0.39, 0.29) is 12.3 Å². The Bertz CT molecular complexity index is 617. The average molecular weight is 303 g/mol. The van der Waals surface area contributed by atoms with Crippen LogP contribution >= 0.6 is 11.6 Å². The Morgan fingerprint density at radius 2 is 1.95 bits per heavy atom. The monoisotopic (exact) mass is 302 g/mol. The standard InChI is InChI=1S/C13H10ClF3N2O/c14-10-4-1-5-11(8(10)7-18)20-12-9(13(15,16)17)3-2-6-19-12/h1-6H,7,18H2. The Kier molecular flexibility index (Phi) is 4.15. The summed E-state index contributed by atoms with van der Waals surface area (Å²) in [5.74, 6) is -0.374. The molecule has 3 nitrogen and oxygen atoms in total. The minimum absolute atomic E-state index is 0.0448. The molecule has 2 aromatic rings. The lowest BCUT2D eigenvalue weighted by Crippen LogP contribution is -2.09. The van der Waals surface area contributed by atoms with E-state index < -0.39 is 17.6 Å². The van der Waals surface area contributed by atoms with Crippen LogP contribution in [0.15, 0.2) is 36.5 Å². The molecule has 0 unspecified atom stereocenters. The Morgan fingerprint density at radius 1 is 1.20 bits per heavy atom. The van der Waals surface area contributed by atoms with Gasteiger partial charge >= 0.3 is 6.18 Å². The number of nitrogens with two attached hydrogens (primary N) is 1. The van der Waals surface area contributed by atoms with Crippen LogP contribution < -0.4 is 10.5 Å². The number of aromatic nitrogens is 1. The molecule has 0 saturated carbocycles. The van der Waals surface area contributed by atoms with Crippen molar-refractivity contribution in [3.05, 3.63) is 52.7 Å². The highest BCUT2D eigenvalue weighted by atomic mass is 35.5. The molecule has 0 fully saturated rings. The van der Waals surface area contributed by atoms with E-state index in [4.69, 9.17) is 22.1 Å². The number of ether oxygens (including phenoxy) is 1. The summed E-state index contributed by atoms with van der Waals surface area (Å²) in [5.41, 5.74) is 4.99. The van der Waals surface area contributed by atoms with Crippen molar-refractivity contribution < 1.29 is 17.9 Å². The number of hydrogen-bond donors (Lipinski definition) is 1. The van der Waals surface area contributed by atoms with Gasteiger partial charge in [0.25, 0.3) is 0 Å². The van der Waals surface area contributed by atoms with Gasteiger partial charge in [0.1, 0.15) is 11.3 Å². The van der Waals surface area contributed by atoms with Gasteiger partial charge in [0.15, 0.2) is 0 Å². The summed E-state index contributed by atoms with van der Waals surface area (Å²) >= 11 is 5.92. The Hall–Kier alpha value is -1.79. The molecule has 1 aromatic carbocycles. The molecule has 7 heteroatoms. The molecule has 0 aliphatic heterocycles. The van der Waals surface area contributed by atoms with E-state index in [1.54, 1.807) is 12.1 Å². The van der Waals surface area contributed by atoms with Crippen molar-refractivity contribution in [1.82, 2.24) is 4.98 Å². The summed E-state index contributed by atoms with van der Waals surface area (Å²) in [7, 11) is 0. The fraction of sp³-hybridized carbons (Fsp3) is 0.154. The van der Waals surface area contributed by atoms with Gasteiger partial charge in [-0.05, 0) is 24.3 Å². The molecule has 0 aliphatic rings. The van der Waals surface area contributed by atoms with Crippen LogP contribution in [0, 0.1) is 0 Å². The Balaban J connectivity index is 2.44. The highest BCUT2D eigenvalue weighted by molar-refractivity contribution is 6.31. The molecule has 2 N–H and O–H groups in total. The SMILES string of the molecule is NCc1c(Cl)cccc1Oc1ncccc1C(F)(F)F. The van der Waals surface area contributed by atoms with Gasteiger partial charge in [-0.2, -0.15) is 13.2 Å². The molecular formula is C13H10ClF3N2O. The fourth-order valence-corrected chi connectivity index (χ4v) is 1.87. The van der Waals surface area contributed by atoms with Gasteiger partial charge in [-0.25, -0.2) is 4.98 Å². The molecule has 1 aromatic heterocycles. The second kappa shape index (κ2) is 5.68. The van der Waals surface area contributed by atoms with Crippen LogP contribution in [0.1, 0.15) is 11.1 Å². The third kappa shape index (κ3) is 3.02. The topological polar surface area (TPSA) is 48.1 Å². The third-order valence-electron chi connectivity index (χ3n) is 2.56. The van der Waals surface area contributed by atoms with Gasteiger partial charge in [0.2, 0.25) is 5.88 Å². The number of pyridine rings is 1. The highest BCUT2D eigenvalue weighted by Crippen LogP contribution is 2.38. The first-order valence-electron chi connectivity index (χ1n) is 5.61. The number of alkyl halides is 3. The van der Waals surface area contributed by atoms with E-state index in [9.17, 15) is 13.2 Å². The predicted octanol–water partition coefficient (Wildman–Crippen LogP) is 4.00. The maximum Gasteiger partial charge on any atom is 0.421 e. The number of halogens is 4. The number of benzene rings is 1. The zero-order chi connectivity index (χ0) is 14.8. The van der Waals surface area contributed by atoms with Crippen molar-refractivity contribution in [3.8, 4) is 11.6 Å². The summed E-state index contributed by atoms with van der Waals surface area (Å²) in [6.07, 6.45) is -3.33. The number of nitrogens with zero attached hydrogens (tertiary/aromatic N) is 1. The summed E-state index contributed by atoms with van der Waals surface area (Å²) < 4.78 is 43.8.